The molecule has 4 heteroatoms. The highest BCUT2D eigenvalue weighted by Gasteiger charge is 2.27. The van der Waals surface area contributed by atoms with Crippen molar-refractivity contribution in [2.24, 2.45) is 5.41 Å². The lowest BCUT2D eigenvalue weighted by molar-refractivity contribution is 0.0377. The van der Waals surface area contributed by atoms with Crippen LogP contribution >= 0.6 is 0 Å². The highest BCUT2D eigenvalue weighted by atomic mass is 16.6. The van der Waals surface area contributed by atoms with E-state index in [1.54, 1.807) is 0 Å². The summed E-state index contributed by atoms with van der Waals surface area (Å²) in [6.45, 7) is 5.54. The predicted molar refractivity (Wildman–Crippen MR) is 37.2 cm³/mol. The summed E-state index contributed by atoms with van der Waals surface area (Å²) in [5.74, 6) is 0. The third-order valence-electron chi connectivity index (χ3n) is 1.28. The molecule has 0 unspecified atom stereocenters. The van der Waals surface area contributed by atoms with Crippen LogP contribution < -0.4 is 0 Å². The molecule has 0 bridgehead atoms. The lowest BCUT2D eigenvalue weighted by Crippen LogP contribution is -2.40. The maximum absolute atomic E-state index is 5.31. The Kier molecular flexibility index (Phi) is 1.87. The highest BCUT2D eigenvalue weighted by molar-refractivity contribution is 6.95. The van der Waals surface area contributed by atoms with Crippen molar-refractivity contribution in [1.29, 1.82) is 0 Å². The smallest absolute Gasteiger partial charge is 0.387 e. The van der Waals surface area contributed by atoms with Gasteiger partial charge in [0.15, 0.2) is 0 Å². The van der Waals surface area contributed by atoms with Crippen LogP contribution in [0.1, 0.15) is 13.8 Å². The van der Waals surface area contributed by atoms with E-state index in [4.69, 9.17) is 17.0 Å². The fourth-order valence-corrected chi connectivity index (χ4v) is 0.705. The van der Waals surface area contributed by atoms with Crippen molar-refractivity contribution >= 4 is 14.7 Å². The fraction of sp³-hybridized carbons (Fsp3) is 1.00. The molecule has 0 aromatic rings. The zero-order valence-corrected chi connectivity index (χ0v) is 5.89. The first-order valence-electron chi connectivity index (χ1n) is 3.09. The third kappa shape index (κ3) is 2.03. The molecule has 1 aliphatic heterocycles. The second-order valence-electron chi connectivity index (χ2n) is 3.15. The zero-order valence-electron chi connectivity index (χ0n) is 5.89. The summed E-state index contributed by atoms with van der Waals surface area (Å²) < 4.78 is 10.1. The largest absolute Gasteiger partial charge is 0.418 e. The van der Waals surface area contributed by atoms with Crippen molar-refractivity contribution in [2.75, 3.05) is 13.2 Å². The molecule has 1 rings (SSSR count). The molecule has 9 heavy (non-hydrogen) atoms. The standard InChI is InChI=1S/C5H10B2O2/c1-5(2)3-8-7(6)9-4-5/h3-4H2,1-2H3. The Morgan fingerprint density at radius 1 is 1.33 bits per heavy atom. The van der Waals surface area contributed by atoms with E-state index in [0.717, 1.165) is 0 Å². The molecule has 2 nitrogen and oxygen atoms in total. The molecule has 2 radical (unpaired) electrons. The fourth-order valence-electron chi connectivity index (χ4n) is 0.705. The monoisotopic (exact) mass is 124 g/mol. The van der Waals surface area contributed by atoms with Crippen molar-refractivity contribution in [3.63, 3.8) is 0 Å². The predicted octanol–water partition coefficient (Wildman–Crippen LogP) is 0.213. The van der Waals surface area contributed by atoms with Gasteiger partial charge in [-0.05, 0) is 0 Å². The summed E-state index contributed by atoms with van der Waals surface area (Å²) in [7, 11) is 4.81. The number of hydrogen-bond acceptors (Lipinski definition) is 2. The SMILES string of the molecule is [B]B1OCC(C)(C)CO1. The van der Waals surface area contributed by atoms with Gasteiger partial charge in [-0.25, -0.2) is 0 Å². The summed E-state index contributed by atoms with van der Waals surface area (Å²) in [5, 5.41) is 0. The summed E-state index contributed by atoms with van der Waals surface area (Å²) in [6.07, 6.45) is 0. The molecule has 0 aromatic heterocycles. The van der Waals surface area contributed by atoms with Crippen molar-refractivity contribution < 1.29 is 9.31 Å². The van der Waals surface area contributed by atoms with Crippen molar-refractivity contribution in [3.8, 4) is 0 Å². The van der Waals surface area contributed by atoms with Gasteiger partial charge in [0.25, 0.3) is 0 Å². The molecule has 0 spiro atoms. The van der Waals surface area contributed by atoms with Crippen LogP contribution in [0.2, 0.25) is 0 Å². The van der Waals surface area contributed by atoms with Crippen LogP contribution in [0, 0.1) is 5.41 Å². The molecule has 0 saturated carbocycles. The Labute approximate surface area is 57.4 Å². The van der Waals surface area contributed by atoms with Crippen LogP contribution in [0.3, 0.4) is 0 Å². The average molecular weight is 124 g/mol. The van der Waals surface area contributed by atoms with E-state index in [1.165, 1.54) is 0 Å². The van der Waals surface area contributed by atoms with E-state index in [9.17, 15) is 0 Å². The van der Waals surface area contributed by atoms with E-state index in [0.29, 0.717) is 13.2 Å². The van der Waals surface area contributed by atoms with Crippen molar-refractivity contribution in [1.82, 2.24) is 0 Å². The third-order valence-corrected chi connectivity index (χ3v) is 1.28. The van der Waals surface area contributed by atoms with Crippen LogP contribution in [0.15, 0.2) is 0 Å². The molecule has 0 atom stereocenters. The molecule has 1 heterocycles. The second-order valence-corrected chi connectivity index (χ2v) is 3.15. The first-order valence-corrected chi connectivity index (χ1v) is 3.09. The van der Waals surface area contributed by atoms with Crippen LogP contribution in [0.5, 0.6) is 0 Å². The Balaban J connectivity index is 2.35. The van der Waals surface area contributed by atoms with E-state index in [-0.39, 0.29) is 5.41 Å². The molecule has 1 saturated heterocycles. The van der Waals surface area contributed by atoms with Gasteiger partial charge >= 0.3 is 7.01 Å². The molecule has 48 valence electrons. The quantitative estimate of drug-likeness (QED) is 0.429. The van der Waals surface area contributed by atoms with Gasteiger partial charge in [0.05, 0.1) is 0 Å². The molecule has 0 amide bonds. The lowest BCUT2D eigenvalue weighted by atomic mass is 9.61. The zero-order chi connectivity index (χ0) is 6.91. The molecule has 1 aliphatic rings. The molecule has 0 aliphatic carbocycles. The Bertz CT molecular complexity index is 95.1. The van der Waals surface area contributed by atoms with Crippen molar-refractivity contribution in [3.05, 3.63) is 0 Å². The van der Waals surface area contributed by atoms with Crippen molar-refractivity contribution in [2.45, 2.75) is 13.8 Å². The normalized spacial score (nSPS) is 26.2. The summed E-state index contributed by atoms with van der Waals surface area (Å²) in [6, 6.07) is 0. The van der Waals surface area contributed by atoms with Gasteiger partial charge in [0, 0.05) is 18.6 Å². The highest BCUT2D eigenvalue weighted by Crippen LogP contribution is 2.19. The first-order chi connectivity index (χ1) is 4.10. The van der Waals surface area contributed by atoms with Gasteiger partial charge in [0.1, 0.15) is 7.74 Å². The maximum atomic E-state index is 5.31. The first kappa shape index (κ1) is 7.16. The summed E-state index contributed by atoms with van der Waals surface area (Å²) >= 11 is 0. The molecular formula is C5H10B2O2. The molecular weight excluding hydrogens is 114 g/mol. The Morgan fingerprint density at radius 2 is 1.78 bits per heavy atom. The number of rotatable bonds is 0. The maximum Gasteiger partial charge on any atom is 0.387 e. The van der Waals surface area contributed by atoms with Gasteiger partial charge in [-0.3, -0.25) is 0 Å². The minimum absolute atomic E-state index is 0.135. The lowest BCUT2D eigenvalue weighted by Gasteiger charge is -2.32. The van der Waals surface area contributed by atoms with Gasteiger partial charge < -0.3 is 9.31 Å². The van der Waals surface area contributed by atoms with Gasteiger partial charge in [0.2, 0.25) is 0 Å². The average Bonchev–Trinajstić information content (AvgIpc) is 1.78. The molecule has 0 N–H and O–H groups in total. The van der Waals surface area contributed by atoms with Crippen LogP contribution in [-0.4, -0.2) is 28.0 Å². The Morgan fingerprint density at radius 3 is 2.11 bits per heavy atom. The van der Waals surface area contributed by atoms with Crippen LogP contribution in [0.4, 0.5) is 0 Å². The van der Waals surface area contributed by atoms with Crippen LogP contribution in [-0.2, 0) is 9.31 Å². The second kappa shape index (κ2) is 2.35. The molecule has 1 fully saturated rings. The summed E-state index contributed by atoms with van der Waals surface area (Å²) in [5.41, 5.74) is 0.135. The molecule has 0 aromatic carbocycles. The van der Waals surface area contributed by atoms with E-state index < -0.39 is 7.01 Å². The minimum atomic E-state index is -0.502. The number of hydrogen-bond donors (Lipinski definition) is 0. The topological polar surface area (TPSA) is 18.5 Å². The van der Waals surface area contributed by atoms with E-state index in [1.807, 2.05) is 0 Å². The van der Waals surface area contributed by atoms with E-state index >= 15 is 0 Å². The van der Waals surface area contributed by atoms with Crippen LogP contribution in [0.25, 0.3) is 0 Å². The van der Waals surface area contributed by atoms with Gasteiger partial charge in [-0.15, -0.1) is 0 Å². The Hall–Kier alpha value is 0.0499. The van der Waals surface area contributed by atoms with E-state index in [2.05, 4.69) is 13.8 Å². The summed E-state index contributed by atoms with van der Waals surface area (Å²) in [4.78, 5) is 0. The minimum Gasteiger partial charge on any atom is -0.418 e. The van der Waals surface area contributed by atoms with Gasteiger partial charge in [-0.1, -0.05) is 13.8 Å². The van der Waals surface area contributed by atoms with Gasteiger partial charge in [-0.2, -0.15) is 0 Å².